The van der Waals surface area contributed by atoms with Crippen molar-refractivity contribution in [1.29, 1.82) is 0 Å². The highest BCUT2D eigenvalue weighted by Gasteiger charge is 2.09. The number of hydrogen-bond acceptors (Lipinski definition) is 6. The number of aryl methyl sites for hydroxylation is 1. The lowest BCUT2D eigenvalue weighted by molar-refractivity contribution is 0.263. The van der Waals surface area contributed by atoms with Gasteiger partial charge in [-0.1, -0.05) is 19.0 Å². The standard InChI is InChI=1S/C15H24N4OS/c1-11(2)6-16-7-13-5-15(20-18-13)9-19(4)8-14-10-21-12(3)17-14/h5,10-11,16H,6-9H2,1-4H3. The van der Waals surface area contributed by atoms with Gasteiger partial charge in [0.2, 0.25) is 0 Å². The van der Waals surface area contributed by atoms with Gasteiger partial charge in [0.25, 0.3) is 0 Å². The molecule has 0 saturated heterocycles. The first kappa shape index (κ1) is 16.1. The van der Waals surface area contributed by atoms with Crippen molar-refractivity contribution in [3.63, 3.8) is 0 Å². The van der Waals surface area contributed by atoms with E-state index in [0.29, 0.717) is 5.92 Å². The van der Waals surface area contributed by atoms with Crippen molar-refractivity contribution >= 4 is 11.3 Å². The Kier molecular flexibility index (Phi) is 5.90. The average Bonchev–Trinajstić information content (AvgIpc) is 2.98. The second kappa shape index (κ2) is 7.68. The number of rotatable bonds is 8. The molecular formula is C15H24N4OS. The fourth-order valence-corrected chi connectivity index (χ4v) is 2.69. The van der Waals surface area contributed by atoms with Crippen LogP contribution in [0.2, 0.25) is 0 Å². The van der Waals surface area contributed by atoms with Crippen LogP contribution in [0.1, 0.15) is 36.0 Å². The van der Waals surface area contributed by atoms with Crippen LogP contribution in [0.25, 0.3) is 0 Å². The minimum atomic E-state index is 0.643. The Bertz CT molecular complexity index is 549. The van der Waals surface area contributed by atoms with E-state index in [1.165, 1.54) is 0 Å². The first-order chi connectivity index (χ1) is 10.0. The van der Waals surface area contributed by atoms with Gasteiger partial charge in [-0.05, 0) is 26.4 Å². The Morgan fingerprint density at radius 2 is 2.14 bits per heavy atom. The molecule has 2 heterocycles. The minimum absolute atomic E-state index is 0.643. The molecule has 21 heavy (non-hydrogen) atoms. The maximum absolute atomic E-state index is 5.39. The molecule has 0 spiro atoms. The van der Waals surface area contributed by atoms with Crippen molar-refractivity contribution in [2.45, 2.75) is 40.4 Å². The van der Waals surface area contributed by atoms with E-state index >= 15 is 0 Å². The molecule has 6 heteroatoms. The van der Waals surface area contributed by atoms with Gasteiger partial charge in [0.15, 0.2) is 5.76 Å². The highest BCUT2D eigenvalue weighted by Crippen LogP contribution is 2.12. The molecule has 2 rings (SSSR count). The Labute approximate surface area is 130 Å². The number of nitrogens with zero attached hydrogens (tertiary/aromatic N) is 3. The van der Waals surface area contributed by atoms with Crippen LogP contribution < -0.4 is 5.32 Å². The third kappa shape index (κ3) is 5.57. The van der Waals surface area contributed by atoms with Crippen molar-refractivity contribution in [2.75, 3.05) is 13.6 Å². The van der Waals surface area contributed by atoms with Crippen LogP contribution in [-0.2, 0) is 19.6 Å². The Morgan fingerprint density at radius 1 is 1.33 bits per heavy atom. The maximum atomic E-state index is 5.39. The topological polar surface area (TPSA) is 54.2 Å². The summed E-state index contributed by atoms with van der Waals surface area (Å²) in [5.74, 6) is 1.54. The van der Waals surface area contributed by atoms with Gasteiger partial charge >= 0.3 is 0 Å². The first-order valence-corrected chi connectivity index (χ1v) is 8.15. The van der Waals surface area contributed by atoms with Gasteiger partial charge in [0.05, 0.1) is 22.9 Å². The lowest BCUT2D eigenvalue weighted by Gasteiger charge is -2.12. The summed E-state index contributed by atoms with van der Waals surface area (Å²) < 4.78 is 5.39. The molecule has 0 unspecified atom stereocenters. The normalized spacial score (nSPS) is 11.7. The Hall–Kier alpha value is -1.24. The zero-order valence-corrected chi connectivity index (χ0v) is 14.0. The largest absolute Gasteiger partial charge is 0.360 e. The van der Waals surface area contributed by atoms with Gasteiger partial charge in [0.1, 0.15) is 0 Å². The number of nitrogens with one attached hydrogen (secondary N) is 1. The summed E-state index contributed by atoms with van der Waals surface area (Å²) in [7, 11) is 2.06. The predicted octanol–water partition coefficient (Wildman–Crippen LogP) is 2.82. The summed E-state index contributed by atoms with van der Waals surface area (Å²) >= 11 is 1.69. The summed E-state index contributed by atoms with van der Waals surface area (Å²) in [6.07, 6.45) is 0. The summed E-state index contributed by atoms with van der Waals surface area (Å²) in [5.41, 5.74) is 2.07. The average molecular weight is 308 g/mol. The molecule has 0 aliphatic rings. The molecule has 116 valence electrons. The van der Waals surface area contributed by atoms with Crippen LogP contribution in [0.4, 0.5) is 0 Å². The SMILES string of the molecule is Cc1nc(CN(C)Cc2cc(CNCC(C)C)no2)cs1. The quantitative estimate of drug-likeness (QED) is 0.812. The summed E-state index contributed by atoms with van der Waals surface area (Å²) in [6.45, 7) is 9.73. The van der Waals surface area contributed by atoms with E-state index in [-0.39, 0.29) is 0 Å². The molecule has 0 aromatic carbocycles. The second-order valence-electron chi connectivity index (χ2n) is 5.84. The molecule has 0 radical (unpaired) electrons. The van der Waals surface area contributed by atoms with E-state index in [9.17, 15) is 0 Å². The number of thiazole rings is 1. The zero-order chi connectivity index (χ0) is 15.2. The van der Waals surface area contributed by atoms with Gasteiger partial charge in [-0.2, -0.15) is 0 Å². The lowest BCUT2D eigenvalue weighted by Crippen LogP contribution is -2.19. The van der Waals surface area contributed by atoms with Gasteiger partial charge in [-0.3, -0.25) is 4.90 Å². The van der Waals surface area contributed by atoms with E-state index in [2.05, 4.69) is 46.6 Å². The highest BCUT2D eigenvalue weighted by atomic mass is 32.1. The van der Waals surface area contributed by atoms with Crippen molar-refractivity contribution < 1.29 is 4.52 Å². The van der Waals surface area contributed by atoms with Crippen LogP contribution in [0, 0.1) is 12.8 Å². The maximum Gasteiger partial charge on any atom is 0.151 e. The fourth-order valence-electron chi connectivity index (χ4n) is 2.08. The summed E-state index contributed by atoms with van der Waals surface area (Å²) in [4.78, 5) is 6.66. The molecule has 2 aromatic rings. The van der Waals surface area contributed by atoms with Gasteiger partial charge < -0.3 is 9.84 Å². The second-order valence-corrected chi connectivity index (χ2v) is 6.90. The zero-order valence-electron chi connectivity index (χ0n) is 13.2. The molecule has 0 fully saturated rings. The smallest absolute Gasteiger partial charge is 0.151 e. The molecule has 0 amide bonds. The molecule has 0 aliphatic heterocycles. The van der Waals surface area contributed by atoms with Crippen molar-refractivity contribution in [3.05, 3.63) is 33.6 Å². The predicted molar refractivity (Wildman–Crippen MR) is 85.1 cm³/mol. The van der Waals surface area contributed by atoms with Crippen molar-refractivity contribution in [2.24, 2.45) is 5.92 Å². The third-order valence-corrected chi connectivity index (χ3v) is 3.81. The van der Waals surface area contributed by atoms with Crippen LogP contribution in [0.15, 0.2) is 16.0 Å². The third-order valence-electron chi connectivity index (χ3n) is 2.99. The van der Waals surface area contributed by atoms with Crippen LogP contribution in [0.5, 0.6) is 0 Å². The van der Waals surface area contributed by atoms with Gasteiger partial charge in [-0.15, -0.1) is 11.3 Å². The van der Waals surface area contributed by atoms with Gasteiger partial charge in [-0.25, -0.2) is 4.98 Å². The molecular weight excluding hydrogens is 284 g/mol. The van der Waals surface area contributed by atoms with E-state index < -0.39 is 0 Å². The molecule has 5 nitrogen and oxygen atoms in total. The summed E-state index contributed by atoms with van der Waals surface area (Å²) in [5, 5.41) is 10.7. The Morgan fingerprint density at radius 3 is 2.81 bits per heavy atom. The molecule has 1 N–H and O–H groups in total. The molecule has 2 aromatic heterocycles. The van der Waals surface area contributed by atoms with Crippen molar-refractivity contribution in [3.8, 4) is 0 Å². The van der Waals surface area contributed by atoms with E-state index in [4.69, 9.17) is 4.52 Å². The van der Waals surface area contributed by atoms with Crippen LogP contribution in [-0.4, -0.2) is 28.6 Å². The molecule has 0 aliphatic carbocycles. The number of hydrogen-bond donors (Lipinski definition) is 1. The van der Waals surface area contributed by atoms with E-state index in [1.54, 1.807) is 11.3 Å². The number of aromatic nitrogens is 2. The molecule has 0 saturated carbocycles. The Balaban J connectivity index is 1.78. The fraction of sp³-hybridized carbons (Fsp3) is 0.600. The van der Waals surface area contributed by atoms with Gasteiger partial charge in [0, 0.05) is 24.5 Å². The first-order valence-electron chi connectivity index (χ1n) is 7.27. The lowest BCUT2D eigenvalue weighted by atomic mass is 10.2. The van der Waals surface area contributed by atoms with Crippen LogP contribution >= 0.6 is 11.3 Å². The monoisotopic (exact) mass is 308 g/mol. The van der Waals surface area contributed by atoms with Crippen LogP contribution in [0.3, 0.4) is 0 Å². The molecule has 0 bridgehead atoms. The van der Waals surface area contributed by atoms with E-state index in [1.807, 2.05) is 13.0 Å². The molecule has 0 atom stereocenters. The highest BCUT2D eigenvalue weighted by molar-refractivity contribution is 7.09. The van der Waals surface area contributed by atoms with Crippen molar-refractivity contribution in [1.82, 2.24) is 20.4 Å². The minimum Gasteiger partial charge on any atom is -0.360 e. The van der Waals surface area contributed by atoms with E-state index in [0.717, 1.165) is 48.3 Å². The summed E-state index contributed by atoms with van der Waals surface area (Å²) in [6, 6.07) is 2.02.